The molecule has 122 valence electrons. The summed E-state index contributed by atoms with van der Waals surface area (Å²) < 4.78 is 0. The molecule has 0 fully saturated rings. The van der Waals surface area contributed by atoms with E-state index in [1.807, 2.05) is 0 Å². The second kappa shape index (κ2) is 7.69. The topological polar surface area (TPSA) is 24.1 Å². The molecule has 0 bridgehead atoms. The summed E-state index contributed by atoms with van der Waals surface area (Å²) in [7, 11) is 0. The molecule has 0 saturated carbocycles. The summed E-state index contributed by atoms with van der Waals surface area (Å²) in [4.78, 5) is 0. The van der Waals surface area contributed by atoms with Crippen molar-refractivity contribution in [3.8, 4) is 0 Å². The number of benzene rings is 3. The van der Waals surface area contributed by atoms with Crippen molar-refractivity contribution in [2.24, 2.45) is 0 Å². The minimum atomic E-state index is 1.04. The van der Waals surface area contributed by atoms with Gasteiger partial charge in [-0.3, -0.25) is 0 Å². The zero-order valence-corrected chi connectivity index (χ0v) is 14.3. The Hall–Kier alpha value is -2.74. The summed E-state index contributed by atoms with van der Waals surface area (Å²) in [6.45, 7) is 4.35. The number of nitrogens with one attached hydrogen (secondary N) is 2. The minimum Gasteiger partial charge on any atom is -0.354 e. The lowest BCUT2D eigenvalue weighted by atomic mass is 10.1. The number of hydrogen-bond acceptors (Lipinski definition) is 2. The SMILES string of the molecule is CCc1cccc(Nc2ccccc2Nc2cccc(CC)c2)c1. The van der Waals surface area contributed by atoms with Crippen LogP contribution in [0.25, 0.3) is 0 Å². The highest BCUT2D eigenvalue weighted by molar-refractivity contribution is 5.78. The molecule has 3 rings (SSSR count). The van der Waals surface area contributed by atoms with Gasteiger partial charge in [-0.2, -0.15) is 0 Å². The zero-order valence-electron chi connectivity index (χ0n) is 14.3. The molecule has 0 aliphatic heterocycles. The standard InChI is InChI=1S/C22H24N2/c1-3-17-9-7-11-19(15-17)23-21-13-5-6-14-22(21)24-20-12-8-10-18(4-2)16-20/h5-16,23-24H,3-4H2,1-2H3. The van der Waals surface area contributed by atoms with Crippen molar-refractivity contribution < 1.29 is 0 Å². The Bertz CT molecular complexity index is 740. The Morgan fingerprint density at radius 3 is 1.46 bits per heavy atom. The third kappa shape index (κ3) is 3.96. The van der Waals surface area contributed by atoms with Crippen molar-refractivity contribution in [3.05, 3.63) is 83.9 Å². The smallest absolute Gasteiger partial charge is 0.0623 e. The first kappa shape index (κ1) is 16.1. The number of para-hydroxylation sites is 2. The Morgan fingerprint density at radius 2 is 1.04 bits per heavy atom. The van der Waals surface area contributed by atoms with E-state index in [9.17, 15) is 0 Å². The van der Waals surface area contributed by atoms with Gasteiger partial charge in [-0.05, 0) is 60.4 Å². The van der Waals surface area contributed by atoms with Crippen molar-refractivity contribution in [2.45, 2.75) is 26.7 Å². The van der Waals surface area contributed by atoms with E-state index in [1.165, 1.54) is 11.1 Å². The fraction of sp³-hybridized carbons (Fsp3) is 0.182. The summed E-state index contributed by atoms with van der Waals surface area (Å²) in [5, 5.41) is 7.07. The van der Waals surface area contributed by atoms with Gasteiger partial charge in [0.1, 0.15) is 0 Å². The van der Waals surface area contributed by atoms with Crippen molar-refractivity contribution >= 4 is 22.7 Å². The molecule has 0 aliphatic carbocycles. The molecule has 3 aromatic rings. The van der Waals surface area contributed by atoms with Gasteiger partial charge in [0.05, 0.1) is 11.4 Å². The highest BCUT2D eigenvalue weighted by Crippen LogP contribution is 2.28. The van der Waals surface area contributed by atoms with Crippen molar-refractivity contribution in [1.82, 2.24) is 0 Å². The maximum Gasteiger partial charge on any atom is 0.0623 e. The molecule has 0 amide bonds. The van der Waals surface area contributed by atoms with Crippen LogP contribution in [0, 0.1) is 0 Å². The van der Waals surface area contributed by atoms with Gasteiger partial charge in [-0.15, -0.1) is 0 Å². The molecule has 0 heterocycles. The predicted molar refractivity (Wildman–Crippen MR) is 105 cm³/mol. The molecule has 0 unspecified atom stereocenters. The number of aryl methyl sites for hydroxylation is 2. The highest BCUT2D eigenvalue weighted by atomic mass is 15.0. The molecular weight excluding hydrogens is 292 g/mol. The molecule has 3 aromatic carbocycles. The molecule has 24 heavy (non-hydrogen) atoms. The van der Waals surface area contributed by atoms with Gasteiger partial charge in [0.15, 0.2) is 0 Å². The lowest BCUT2D eigenvalue weighted by molar-refractivity contribution is 1.14. The quantitative estimate of drug-likeness (QED) is 0.557. The van der Waals surface area contributed by atoms with Crippen LogP contribution < -0.4 is 10.6 Å². The van der Waals surface area contributed by atoms with E-state index in [2.05, 4.69) is 97.3 Å². The normalized spacial score (nSPS) is 10.4. The van der Waals surface area contributed by atoms with Gasteiger partial charge in [0.25, 0.3) is 0 Å². The Kier molecular flexibility index (Phi) is 5.17. The number of hydrogen-bond donors (Lipinski definition) is 2. The molecule has 2 nitrogen and oxygen atoms in total. The van der Waals surface area contributed by atoms with Crippen LogP contribution in [0.3, 0.4) is 0 Å². The second-order valence-electron chi connectivity index (χ2n) is 5.90. The molecule has 0 saturated heterocycles. The first-order chi connectivity index (χ1) is 11.8. The van der Waals surface area contributed by atoms with Gasteiger partial charge in [0.2, 0.25) is 0 Å². The third-order valence-corrected chi connectivity index (χ3v) is 4.16. The van der Waals surface area contributed by atoms with Crippen molar-refractivity contribution in [3.63, 3.8) is 0 Å². The molecule has 2 heteroatoms. The van der Waals surface area contributed by atoms with Crippen LogP contribution in [0.15, 0.2) is 72.8 Å². The Balaban J connectivity index is 1.84. The zero-order chi connectivity index (χ0) is 16.8. The van der Waals surface area contributed by atoms with Crippen LogP contribution in [0.1, 0.15) is 25.0 Å². The summed E-state index contributed by atoms with van der Waals surface area (Å²) in [6, 6.07) is 25.4. The first-order valence-electron chi connectivity index (χ1n) is 8.59. The van der Waals surface area contributed by atoms with E-state index in [4.69, 9.17) is 0 Å². The second-order valence-corrected chi connectivity index (χ2v) is 5.90. The first-order valence-corrected chi connectivity index (χ1v) is 8.59. The van der Waals surface area contributed by atoms with Crippen LogP contribution >= 0.6 is 0 Å². The number of rotatable bonds is 6. The summed E-state index contributed by atoms with van der Waals surface area (Å²) in [6.07, 6.45) is 2.08. The maximum absolute atomic E-state index is 3.53. The summed E-state index contributed by atoms with van der Waals surface area (Å²) in [5.74, 6) is 0. The van der Waals surface area contributed by atoms with E-state index < -0.39 is 0 Å². The van der Waals surface area contributed by atoms with Gasteiger partial charge in [-0.1, -0.05) is 50.2 Å². The van der Waals surface area contributed by atoms with Crippen LogP contribution in [-0.2, 0) is 12.8 Å². The fourth-order valence-electron chi connectivity index (χ4n) is 2.75. The lowest BCUT2D eigenvalue weighted by Crippen LogP contribution is -1.98. The van der Waals surface area contributed by atoms with E-state index in [0.29, 0.717) is 0 Å². The summed E-state index contributed by atoms with van der Waals surface area (Å²) in [5.41, 5.74) is 7.05. The third-order valence-electron chi connectivity index (χ3n) is 4.16. The van der Waals surface area contributed by atoms with E-state index in [1.54, 1.807) is 0 Å². The van der Waals surface area contributed by atoms with Crippen molar-refractivity contribution in [2.75, 3.05) is 10.6 Å². The average molecular weight is 316 g/mol. The van der Waals surface area contributed by atoms with Gasteiger partial charge >= 0.3 is 0 Å². The van der Waals surface area contributed by atoms with E-state index in [-0.39, 0.29) is 0 Å². The molecule has 2 N–H and O–H groups in total. The van der Waals surface area contributed by atoms with Gasteiger partial charge in [0, 0.05) is 11.4 Å². The van der Waals surface area contributed by atoms with Crippen LogP contribution in [0.2, 0.25) is 0 Å². The molecule has 0 aliphatic rings. The Labute approximate surface area is 144 Å². The van der Waals surface area contributed by atoms with Crippen molar-refractivity contribution in [1.29, 1.82) is 0 Å². The lowest BCUT2D eigenvalue weighted by Gasteiger charge is -2.15. The number of anilines is 4. The Morgan fingerprint density at radius 1 is 0.583 bits per heavy atom. The van der Waals surface area contributed by atoms with Crippen LogP contribution in [0.5, 0.6) is 0 Å². The molecular formula is C22H24N2. The predicted octanol–water partition coefficient (Wildman–Crippen LogP) is 6.30. The van der Waals surface area contributed by atoms with E-state index in [0.717, 1.165) is 35.6 Å². The maximum atomic E-state index is 3.53. The van der Waals surface area contributed by atoms with Gasteiger partial charge < -0.3 is 10.6 Å². The molecule has 0 spiro atoms. The monoisotopic (exact) mass is 316 g/mol. The molecule has 0 aromatic heterocycles. The minimum absolute atomic E-state index is 1.04. The summed E-state index contributed by atoms with van der Waals surface area (Å²) >= 11 is 0. The van der Waals surface area contributed by atoms with Crippen LogP contribution in [-0.4, -0.2) is 0 Å². The highest BCUT2D eigenvalue weighted by Gasteiger charge is 2.04. The average Bonchev–Trinajstić information content (AvgIpc) is 2.64. The molecule has 0 radical (unpaired) electrons. The largest absolute Gasteiger partial charge is 0.354 e. The van der Waals surface area contributed by atoms with E-state index >= 15 is 0 Å². The fourth-order valence-corrected chi connectivity index (χ4v) is 2.75. The van der Waals surface area contributed by atoms with Crippen LogP contribution in [0.4, 0.5) is 22.7 Å². The molecule has 0 atom stereocenters. The van der Waals surface area contributed by atoms with Gasteiger partial charge in [-0.25, -0.2) is 0 Å².